The molecule has 1 aromatic rings. The number of carbonyl (C=O) groups is 1. The standard InChI is InChI=1S/C11H12O3.C4H10O/c1-3-11(12)14-9(2)13-10-7-5-4-6-8-10;1-3-5-4-2/h3-9H,1H2,2H3;3-4H2,1-2H3. The van der Waals surface area contributed by atoms with E-state index in [0.717, 1.165) is 19.3 Å². The van der Waals surface area contributed by atoms with Gasteiger partial charge in [-0.25, -0.2) is 4.79 Å². The normalized spacial score (nSPS) is 10.7. The van der Waals surface area contributed by atoms with E-state index in [1.165, 1.54) is 0 Å². The van der Waals surface area contributed by atoms with Gasteiger partial charge in [-0.2, -0.15) is 0 Å². The molecule has 106 valence electrons. The van der Waals surface area contributed by atoms with Crippen molar-refractivity contribution >= 4 is 5.97 Å². The van der Waals surface area contributed by atoms with Crippen LogP contribution in [-0.2, 0) is 14.3 Å². The van der Waals surface area contributed by atoms with Gasteiger partial charge < -0.3 is 14.2 Å². The molecular weight excluding hydrogens is 244 g/mol. The number of carbonyl (C=O) groups excluding carboxylic acids is 1. The van der Waals surface area contributed by atoms with Gasteiger partial charge in [0.15, 0.2) is 0 Å². The summed E-state index contributed by atoms with van der Waals surface area (Å²) in [6.07, 6.45) is 0.494. The maximum absolute atomic E-state index is 10.8. The van der Waals surface area contributed by atoms with Crippen molar-refractivity contribution in [1.29, 1.82) is 0 Å². The van der Waals surface area contributed by atoms with Crippen LogP contribution >= 0.6 is 0 Å². The molecule has 0 radical (unpaired) electrons. The van der Waals surface area contributed by atoms with Crippen molar-refractivity contribution in [3.05, 3.63) is 43.0 Å². The van der Waals surface area contributed by atoms with E-state index in [-0.39, 0.29) is 0 Å². The van der Waals surface area contributed by atoms with E-state index in [9.17, 15) is 4.79 Å². The highest BCUT2D eigenvalue weighted by atomic mass is 16.7. The van der Waals surface area contributed by atoms with Gasteiger partial charge in [-0.3, -0.25) is 0 Å². The lowest BCUT2D eigenvalue weighted by molar-refractivity contribution is -0.154. The first-order valence-corrected chi connectivity index (χ1v) is 6.26. The van der Waals surface area contributed by atoms with Gasteiger partial charge in [0.1, 0.15) is 5.75 Å². The lowest BCUT2D eigenvalue weighted by atomic mass is 10.3. The summed E-state index contributed by atoms with van der Waals surface area (Å²) >= 11 is 0. The van der Waals surface area contributed by atoms with E-state index >= 15 is 0 Å². The first-order valence-electron chi connectivity index (χ1n) is 6.26. The Labute approximate surface area is 115 Å². The van der Waals surface area contributed by atoms with Crippen molar-refractivity contribution in [3.8, 4) is 5.75 Å². The van der Waals surface area contributed by atoms with Crippen molar-refractivity contribution in [3.63, 3.8) is 0 Å². The molecule has 1 aromatic carbocycles. The average Bonchev–Trinajstić information content (AvgIpc) is 2.41. The molecule has 0 aliphatic carbocycles. The van der Waals surface area contributed by atoms with Gasteiger partial charge in [-0.1, -0.05) is 24.8 Å². The van der Waals surface area contributed by atoms with E-state index in [2.05, 4.69) is 6.58 Å². The molecule has 0 bridgehead atoms. The largest absolute Gasteiger partial charge is 0.455 e. The van der Waals surface area contributed by atoms with E-state index < -0.39 is 12.3 Å². The second-order valence-corrected chi connectivity index (χ2v) is 3.42. The topological polar surface area (TPSA) is 44.8 Å². The molecule has 1 unspecified atom stereocenters. The first kappa shape index (κ1) is 17.2. The van der Waals surface area contributed by atoms with Gasteiger partial charge in [0, 0.05) is 26.2 Å². The van der Waals surface area contributed by atoms with Gasteiger partial charge in [0.25, 0.3) is 0 Å². The molecule has 1 rings (SSSR count). The van der Waals surface area contributed by atoms with E-state index in [1.807, 2.05) is 32.0 Å². The number of hydrogen-bond acceptors (Lipinski definition) is 4. The van der Waals surface area contributed by atoms with Gasteiger partial charge >= 0.3 is 5.97 Å². The minimum absolute atomic E-state index is 0.492. The molecule has 0 fully saturated rings. The average molecular weight is 266 g/mol. The maximum atomic E-state index is 10.8. The number of esters is 1. The fraction of sp³-hybridized carbons (Fsp3) is 0.400. The van der Waals surface area contributed by atoms with E-state index in [1.54, 1.807) is 19.1 Å². The van der Waals surface area contributed by atoms with Gasteiger partial charge in [0.05, 0.1) is 0 Å². The molecule has 0 saturated heterocycles. The van der Waals surface area contributed by atoms with Gasteiger partial charge in [-0.05, 0) is 26.0 Å². The van der Waals surface area contributed by atoms with Crippen LogP contribution in [0.15, 0.2) is 43.0 Å². The summed E-state index contributed by atoms with van der Waals surface area (Å²) in [5, 5.41) is 0. The molecule has 19 heavy (non-hydrogen) atoms. The van der Waals surface area contributed by atoms with Crippen LogP contribution < -0.4 is 4.74 Å². The Hall–Kier alpha value is -1.81. The highest BCUT2D eigenvalue weighted by Crippen LogP contribution is 2.11. The van der Waals surface area contributed by atoms with Crippen molar-refractivity contribution in [2.24, 2.45) is 0 Å². The van der Waals surface area contributed by atoms with Crippen LogP contribution in [0.2, 0.25) is 0 Å². The molecule has 0 aliphatic rings. The minimum Gasteiger partial charge on any atom is -0.455 e. The van der Waals surface area contributed by atoms with Crippen LogP contribution in [-0.4, -0.2) is 25.5 Å². The molecule has 0 aromatic heterocycles. The molecule has 4 heteroatoms. The zero-order valence-electron chi connectivity index (χ0n) is 11.8. The third-order valence-electron chi connectivity index (χ3n) is 1.90. The van der Waals surface area contributed by atoms with Gasteiger partial charge in [-0.15, -0.1) is 0 Å². The summed E-state index contributed by atoms with van der Waals surface area (Å²) in [5.41, 5.74) is 0. The van der Waals surface area contributed by atoms with Crippen molar-refractivity contribution in [2.75, 3.05) is 13.2 Å². The minimum atomic E-state index is -0.608. The van der Waals surface area contributed by atoms with Crippen LogP contribution in [0, 0.1) is 0 Å². The Morgan fingerprint density at radius 3 is 2.26 bits per heavy atom. The molecule has 0 N–H and O–H groups in total. The van der Waals surface area contributed by atoms with Crippen LogP contribution in [0.3, 0.4) is 0 Å². The second kappa shape index (κ2) is 11.3. The van der Waals surface area contributed by atoms with Gasteiger partial charge in [0.2, 0.25) is 6.29 Å². The maximum Gasteiger partial charge on any atom is 0.333 e. The molecular formula is C15H22O4. The molecule has 0 amide bonds. The highest BCUT2D eigenvalue weighted by molar-refractivity contribution is 5.81. The summed E-state index contributed by atoms with van der Waals surface area (Å²) in [5.74, 6) is 0.172. The fourth-order valence-corrected chi connectivity index (χ4v) is 1.13. The predicted molar refractivity (Wildman–Crippen MR) is 75.0 cm³/mol. The molecule has 1 atom stereocenters. The number of benzene rings is 1. The molecule has 0 saturated carbocycles. The monoisotopic (exact) mass is 266 g/mol. The SMILES string of the molecule is C=CC(=O)OC(C)Oc1ccccc1.CCOCC. The first-order chi connectivity index (χ1) is 9.13. The second-order valence-electron chi connectivity index (χ2n) is 3.42. The molecule has 0 spiro atoms. The smallest absolute Gasteiger partial charge is 0.333 e. The van der Waals surface area contributed by atoms with E-state index in [4.69, 9.17) is 14.2 Å². The van der Waals surface area contributed by atoms with Crippen LogP contribution in [0.1, 0.15) is 20.8 Å². The summed E-state index contributed by atoms with van der Waals surface area (Å²) in [7, 11) is 0. The Balaban J connectivity index is 0.000000555. The lowest BCUT2D eigenvalue weighted by Crippen LogP contribution is -2.19. The quantitative estimate of drug-likeness (QED) is 0.450. The number of para-hydroxylation sites is 1. The van der Waals surface area contributed by atoms with Crippen molar-refractivity contribution < 1.29 is 19.0 Å². The molecule has 4 nitrogen and oxygen atoms in total. The Morgan fingerprint density at radius 1 is 1.26 bits per heavy atom. The Kier molecular flexibility index (Phi) is 10.2. The fourth-order valence-electron chi connectivity index (χ4n) is 1.13. The molecule has 0 aliphatic heterocycles. The van der Waals surface area contributed by atoms with Crippen LogP contribution in [0.25, 0.3) is 0 Å². The van der Waals surface area contributed by atoms with Crippen LogP contribution in [0.5, 0.6) is 5.75 Å². The summed E-state index contributed by atoms with van der Waals surface area (Å²) in [6.45, 7) is 10.6. The van der Waals surface area contributed by atoms with Crippen molar-refractivity contribution in [1.82, 2.24) is 0 Å². The lowest BCUT2D eigenvalue weighted by Gasteiger charge is -2.13. The van der Waals surface area contributed by atoms with Crippen LogP contribution in [0.4, 0.5) is 0 Å². The number of rotatable bonds is 6. The zero-order valence-corrected chi connectivity index (χ0v) is 11.8. The summed E-state index contributed by atoms with van der Waals surface area (Å²) in [4.78, 5) is 10.8. The Bertz CT molecular complexity index is 346. The van der Waals surface area contributed by atoms with Crippen molar-refractivity contribution in [2.45, 2.75) is 27.1 Å². The number of ether oxygens (including phenoxy) is 3. The third kappa shape index (κ3) is 9.85. The van der Waals surface area contributed by atoms with E-state index in [0.29, 0.717) is 5.75 Å². The summed E-state index contributed by atoms with van der Waals surface area (Å²) < 4.78 is 15.0. The molecule has 0 heterocycles. The number of hydrogen-bond donors (Lipinski definition) is 0. The Morgan fingerprint density at radius 2 is 1.84 bits per heavy atom. The third-order valence-corrected chi connectivity index (χ3v) is 1.90. The predicted octanol–water partition coefficient (Wildman–Crippen LogP) is 3.18. The zero-order chi connectivity index (χ0) is 14.5. The summed E-state index contributed by atoms with van der Waals surface area (Å²) in [6, 6.07) is 9.15. The highest BCUT2D eigenvalue weighted by Gasteiger charge is 2.06.